The van der Waals surface area contributed by atoms with Gasteiger partial charge in [0.05, 0.1) is 11.4 Å². The molecule has 5 heteroatoms. The van der Waals surface area contributed by atoms with Crippen molar-refractivity contribution in [3.8, 4) is 11.1 Å². The van der Waals surface area contributed by atoms with Crippen LogP contribution in [-0.4, -0.2) is 35.4 Å². The maximum absolute atomic E-state index is 12.6. The second-order valence-corrected chi connectivity index (χ2v) is 9.70. The number of rotatable bonds is 9. The van der Waals surface area contributed by atoms with Gasteiger partial charge < -0.3 is 10.2 Å². The molecule has 0 aliphatic carbocycles. The van der Waals surface area contributed by atoms with E-state index in [1.54, 1.807) is 11.3 Å². The molecule has 3 heterocycles. The number of aromatic nitrogens is 1. The lowest BCUT2D eigenvalue weighted by Gasteiger charge is -2.26. The van der Waals surface area contributed by atoms with E-state index in [1.807, 2.05) is 25.3 Å². The fraction of sp³-hybridized carbons (Fsp3) is 0.407. The number of hydrogen-bond acceptors (Lipinski definition) is 4. The number of amides is 1. The van der Waals surface area contributed by atoms with Gasteiger partial charge in [0.25, 0.3) is 0 Å². The Morgan fingerprint density at radius 3 is 2.72 bits per heavy atom. The molecule has 4 rings (SSSR count). The average Bonchev–Trinajstić information content (AvgIpc) is 3.26. The van der Waals surface area contributed by atoms with Gasteiger partial charge in [-0.2, -0.15) is 0 Å². The third-order valence-corrected chi connectivity index (χ3v) is 6.93. The summed E-state index contributed by atoms with van der Waals surface area (Å²) in [5, 5.41) is 6.02. The number of unbranched alkanes of at least 4 members (excludes halogenated alkanes) is 1. The number of hydrogen-bond donors (Lipinski definition) is 1. The number of benzene rings is 1. The molecule has 1 aromatic carbocycles. The Labute approximate surface area is 195 Å². The van der Waals surface area contributed by atoms with E-state index in [1.165, 1.54) is 57.3 Å². The Hall–Kier alpha value is -2.50. The minimum atomic E-state index is 0.0338. The van der Waals surface area contributed by atoms with Crippen molar-refractivity contribution in [1.82, 2.24) is 9.88 Å². The Morgan fingerprint density at radius 2 is 1.88 bits per heavy atom. The molecule has 1 amide bonds. The van der Waals surface area contributed by atoms with Crippen molar-refractivity contribution < 1.29 is 4.79 Å². The van der Waals surface area contributed by atoms with Crippen molar-refractivity contribution in [3.63, 3.8) is 0 Å². The molecule has 3 aromatic rings. The van der Waals surface area contributed by atoms with E-state index in [0.717, 1.165) is 33.8 Å². The van der Waals surface area contributed by atoms with Crippen LogP contribution in [0.15, 0.2) is 54.0 Å². The Balaban J connectivity index is 1.24. The molecule has 1 N–H and O–H groups in total. The van der Waals surface area contributed by atoms with Crippen LogP contribution in [0.25, 0.3) is 11.1 Å². The standard InChI is InChI=1S/C27H33N3OS/c1-21-16-24(11-12-28-21)25-19-27(32-20-25)29-26(31)18-23-10-7-9-22(17-23)8-3-6-15-30-13-4-2-5-14-30/h7,9-12,16-17,19-20H,2-6,8,13-15,18H2,1H3,(H,29,31). The highest BCUT2D eigenvalue weighted by molar-refractivity contribution is 7.14. The van der Waals surface area contributed by atoms with Crippen LogP contribution in [0.5, 0.6) is 0 Å². The van der Waals surface area contributed by atoms with E-state index in [0.29, 0.717) is 6.42 Å². The first-order chi connectivity index (χ1) is 15.7. The van der Waals surface area contributed by atoms with E-state index in [4.69, 9.17) is 0 Å². The fourth-order valence-corrected chi connectivity index (χ4v) is 5.21. The van der Waals surface area contributed by atoms with Crippen LogP contribution >= 0.6 is 11.3 Å². The van der Waals surface area contributed by atoms with Gasteiger partial charge in [-0.05, 0) is 99.1 Å². The number of aryl methyl sites for hydroxylation is 2. The fourth-order valence-electron chi connectivity index (χ4n) is 4.39. The molecule has 1 fully saturated rings. The number of thiophene rings is 1. The molecule has 0 radical (unpaired) electrons. The third-order valence-electron chi connectivity index (χ3n) is 6.09. The zero-order chi connectivity index (χ0) is 22.2. The monoisotopic (exact) mass is 447 g/mol. The molecule has 0 saturated carbocycles. The molecule has 1 aliphatic rings. The summed E-state index contributed by atoms with van der Waals surface area (Å²) in [6, 6.07) is 14.6. The summed E-state index contributed by atoms with van der Waals surface area (Å²) in [6.07, 6.45) is 9.89. The van der Waals surface area contributed by atoms with Crippen molar-refractivity contribution >= 4 is 22.2 Å². The molecule has 4 nitrogen and oxygen atoms in total. The lowest BCUT2D eigenvalue weighted by Crippen LogP contribution is -2.30. The van der Waals surface area contributed by atoms with Crippen molar-refractivity contribution in [2.24, 2.45) is 0 Å². The number of carbonyl (C=O) groups excluding carboxylic acids is 1. The van der Waals surface area contributed by atoms with Gasteiger partial charge in [0.15, 0.2) is 0 Å². The smallest absolute Gasteiger partial charge is 0.229 e. The molecule has 0 spiro atoms. The molecule has 0 unspecified atom stereocenters. The highest BCUT2D eigenvalue weighted by Gasteiger charge is 2.10. The summed E-state index contributed by atoms with van der Waals surface area (Å²) in [5.74, 6) is 0.0338. The largest absolute Gasteiger partial charge is 0.317 e. The van der Waals surface area contributed by atoms with Crippen LogP contribution in [-0.2, 0) is 17.6 Å². The van der Waals surface area contributed by atoms with Gasteiger partial charge in [-0.1, -0.05) is 30.7 Å². The summed E-state index contributed by atoms with van der Waals surface area (Å²) in [4.78, 5) is 19.5. The number of nitrogens with one attached hydrogen (secondary N) is 1. The van der Waals surface area contributed by atoms with E-state index in [2.05, 4.69) is 50.9 Å². The molecule has 1 aliphatic heterocycles. The molecule has 168 valence electrons. The van der Waals surface area contributed by atoms with E-state index < -0.39 is 0 Å². The predicted octanol–water partition coefficient (Wildman–Crippen LogP) is 6.11. The number of pyridine rings is 1. The third kappa shape index (κ3) is 6.75. The van der Waals surface area contributed by atoms with E-state index in [9.17, 15) is 4.79 Å². The molecule has 2 aromatic heterocycles. The van der Waals surface area contributed by atoms with Crippen molar-refractivity contribution in [2.75, 3.05) is 25.0 Å². The maximum atomic E-state index is 12.6. The van der Waals surface area contributed by atoms with Crippen LogP contribution in [0.2, 0.25) is 0 Å². The van der Waals surface area contributed by atoms with Gasteiger partial charge in [-0.15, -0.1) is 11.3 Å². The minimum Gasteiger partial charge on any atom is -0.317 e. The zero-order valence-electron chi connectivity index (χ0n) is 19.0. The minimum absolute atomic E-state index is 0.0338. The van der Waals surface area contributed by atoms with Gasteiger partial charge >= 0.3 is 0 Å². The van der Waals surface area contributed by atoms with Gasteiger partial charge in [0.2, 0.25) is 5.91 Å². The lowest BCUT2D eigenvalue weighted by molar-refractivity contribution is -0.115. The highest BCUT2D eigenvalue weighted by Crippen LogP contribution is 2.29. The average molecular weight is 448 g/mol. The maximum Gasteiger partial charge on any atom is 0.229 e. The first-order valence-corrected chi connectivity index (χ1v) is 12.7. The summed E-state index contributed by atoms with van der Waals surface area (Å²) in [5.41, 5.74) is 5.65. The first-order valence-electron chi connectivity index (χ1n) is 11.8. The normalized spacial score (nSPS) is 14.4. The highest BCUT2D eigenvalue weighted by atomic mass is 32.1. The Morgan fingerprint density at radius 1 is 1.03 bits per heavy atom. The van der Waals surface area contributed by atoms with Crippen molar-refractivity contribution in [1.29, 1.82) is 0 Å². The van der Waals surface area contributed by atoms with Gasteiger partial charge in [0, 0.05) is 17.3 Å². The zero-order valence-corrected chi connectivity index (χ0v) is 19.8. The topological polar surface area (TPSA) is 45.2 Å². The molecular weight excluding hydrogens is 414 g/mol. The van der Waals surface area contributed by atoms with Crippen LogP contribution in [0, 0.1) is 6.92 Å². The van der Waals surface area contributed by atoms with Gasteiger partial charge in [0.1, 0.15) is 0 Å². The molecule has 1 saturated heterocycles. The Kier molecular flexibility index (Phi) is 8.07. The number of likely N-dealkylation sites (tertiary alicyclic amines) is 1. The number of anilines is 1. The molecule has 0 bridgehead atoms. The summed E-state index contributed by atoms with van der Waals surface area (Å²) in [6.45, 7) is 5.77. The van der Waals surface area contributed by atoms with Gasteiger partial charge in [-0.3, -0.25) is 9.78 Å². The van der Waals surface area contributed by atoms with Crippen molar-refractivity contribution in [3.05, 3.63) is 70.9 Å². The van der Waals surface area contributed by atoms with Crippen LogP contribution < -0.4 is 5.32 Å². The van der Waals surface area contributed by atoms with Gasteiger partial charge in [-0.25, -0.2) is 0 Å². The van der Waals surface area contributed by atoms with E-state index in [-0.39, 0.29) is 5.91 Å². The van der Waals surface area contributed by atoms with Crippen LogP contribution in [0.3, 0.4) is 0 Å². The lowest BCUT2D eigenvalue weighted by atomic mass is 10.0. The number of nitrogens with zero attached hydrogens (tertiary/aromatic N) is 2. The van der Waals surface area contributed by atoms with Crippen LogP contribution in [0.4, 0.5) is 5.00 Å². The Bertz CT molecular complexity index is 1020. The van der Waals surface area contributed by atoms with Crippen LogP contribution in [0.1, 0.15) is 48.9 Å². The predicted molar refractivity (Wildman–Crippen MR) is 134 cm³/mol. The second-order valence-electron chi connectivity index (χ2n) is 8.79. The van der Waals surface area contributed by atoms with E-state index >= 15 is 0 Å². The SMILES string of the molecule is Cc1cc(-c2csc(NC(=O)Cc3cccc(CCCCN4CCCCC4)c3)c2)ccn1. The molecule has 32 heavy (non-hydrogen) atoms. The second kappa shape index (κ2) is 11.4. The quantitative estimate of drug-likeness (QED) is 0.403. The molecular formula is C27H33N3OS. The molecule has 0 atom stereocenters. The van der Waals surface area contributed by atoms with Crippen molar-refractivity contribution in [2.45, 2.75) is 51.9 Å². The first kappa shape index (κ1) is 22.7. The summed E-state index contributed by atoms with van der Waals surface area (Å²) in [7, 11) is 0. The summed E-state index contributed by atoms with van der Waals surface area (Å²) < 4.78 is 0. The number of piperidine rings is 1. The summed E-state index contributed by atoms with van der Waals surface area (Å²) >= 11 is 1.56. The number of carbonyl (C=O) groups is 1.